The zero-order chi connectivity index (χ0) is 14.5. The van der Waals surface area contributed by atoms with Gasteiger partial charge in [0.1, 0.15) is 0 Å². The summed E-state index contributed by atoms with van der Waals surface area (Å²) in [6.07, 6.45) is 0. The highest BCUT2D eigenvalue weighted by Gasteiger charge is 2.13. The van der Waals surface area contributed by atoms with Crippen molar-refractivity contribution in [2.24, 2.45) is 0 Å². The van der Waals surface area contributed by atoms with E-state index in [0.717, 1.165) is 11.3 Å². The van der Waals surface area contributed by atoms with Crippen LogP contribution in [0.3, 0.4) is 0 Å². The van der Waals surface area contributed by atoms with Crippen molar-refractivity contribution < 1.29 is 4.79 Å². The van der Waals surface area contributed by atoms with Crippen LogP contribution in [0.15, 0.2) is 48.5 Å². The Morgan fingerprint density at radius 1 is 1.10 bits per heavy atom. The third-order valence-corrected chi connectivity index (χ3v) is 3.33. The first-order valence-corrected chi connectivity index (χ1v) is 6.76. The summed E-state index contributed by atoms with van der Waals surface area (Å²) in [5.74, 6) is -0.0658. The van der Waals surface area contributed by atoms with Crippen molar-refractivity contribution in [3.05, 3.63) is 65.2 Å². The molecule has 2 rings (SSSR count). The Labute approximate surface area is 120 Å². The molecule has 0 heterocycles. The topological polar surface area (TPSA) is 41.1 Å². The van der Waals surface area contributed by atoms with Gasteiger partial charge < -0.3 is 10.6 Å². The summed E-state index contributed by atoms with van der Waals surface area (Å²) in [6, 6.07) is 15.7. The molecule has 2 N–H and O–H groups in total. The lowest BCUT2D eigenvalue weighted by Crippen LogP contribution is -2.27. The molecule has 0 aromatic heterocycles. The number of carbonyl (C=O) groups excluding carboxylic acids is 1. The van der Waals surface area contributed by atoms with E-state index in [1.807, 2.05) is 63.4 Å². The number of hydrogen-bond acceptors (Lipinski definition) is 2. The van der Waals surface area contributed by atoms with Gasteiger partial charge in [-0.1, -0.05) is 42.0 Å². The van der Waals surface area contributed by atoms with E-state index < -0.39 is 0 Å². The second-order valence-electron chi connectivity index (χ2n) is 4.90. The van der Waals surface area contributed by atoms with Gasteiger partial charge in [0, 0.05) is 12.7 Å². The molecule has 1 amide bonds. The zero-order valence-corrected chi connectivity index (χ0v) is 12.1. The van der Waals surface area contributed by atoms with Gasteiger partial charge in [0.2, 0.25) is 0 Å². The largest absolute Gasteiger partial charge is 0.387 e. The average molecular weight is 268 g/mol. The van der Waals surface area contributed by atoms with Gasteiger partial charge in [-0.15, -0.1) is 0 Å². The normalized spacial score (nSPS) is 11.8. The molecule has 0 aliphatic carbocycles. The van der Waals surface area contributed by atoms with Crippen LogP contribution in [-0.2, 0) is 0 Å². The van der Waals surface area contributed by atoms with Crippen LogP contribution in [0, 0.1) is 6.92 Å². The standard InChI is InChI=1S/C17H20N2O/c1-12-7-6-8-14(11-12)13(2)19-17(20)15-9-4-5-10-16(15)18-3/h4-11,13,18H,1-3H3,(H,19,20)/t13-/m0/s1. The second kappa shape index (κ2) is 6.24. The third kappa shape index (κ3) is 3.18. The fraction of sp³-hybridized carbons (Fsp3) is 0.235. The minimum Gasteiger partial charge on any atom is -0.387 e. The molecule has 0 saturated carbocycles. The lowest BCUT2D eigenvalue weighted by molar-refractivity contribution is 0.0940. The summed E-state index contributed by atoms with van der Waals surface area (Å²) in [4.78, 5) is 12.3. The highest BCUT2D eigenvalue weighted by molar-refractivity contribution is 5.99. The van der Waals surface area contributed by atoms with Gasteiger partial charge in [-0.25, -0.2) is 0 Å². The van der Waals surface area contributed by atoms with Crippen molar-refractivity contribution >= 4 is 11.6 Å². The van der Waals surface area contributed by atoms with E-state index in [1.54, 1.807) is 0 Å². The molecule has 0 unspecified atom stereocenters. The minimum absolute atomic E-state index is 0.0210. The van der Waals surface area contributed by atoms with Crippen LogP contribution in [0.4, 0.5) is 5.69 Å². The van der Waals surface area contributed by atoms with Crippen LogP contribution in [-0.4, -0.2) is 13.0 Å². The van der Waals surface area contributed by atoms with Gasteiger partial charge in [0.25, 0.3) is 5.91 Å². The van der Waals surface area contributed by atoms with Crippen molar-refractivity contribution in [3.8, 4) is 0 Å². The molecule has 3 heteroatoms. The number of benzene rings is 2. The van der Waals surface area contributed by atoms with Crippen LogP contribution >= 0.6 is 0 Å². The number of para-hydroxylation sites is 1. The van der Waals surface area contributed by atoms with E-state index in [2.05, 4.69) is 16.7 Å². The first-order valence-electron chi connectivity index (χ1n) is 6.76. The summed E-state index contributed by atoms with van der Waals surface area (Å²) >= 11 is 0. The maximum Gasteiger partial charge on any atom is 0.253 e. The van der Waals surface area contributed by atoms with E-state index >= 15 is 0 Å². The van der Waals surface area contributed by atoms with Gasteiger partial charge in [0.05, 0.1) is 11.6 Å². The Bertz CT molecular complexity index is 607. The summed E-state index contributed by atoms with van der Waals surface area (Å²) in [6.45, 7) is 4.04. The second-order valence-corrected chi connectivity index (χ2v) is 4.90. The molecule has 0 aliphatic rings. The molecule has 2 aromatic carbocycles. The molecular formula is C17H20N2O. The number of rotatable bonds is 4. The Kier molecular flexibility index (Phi) is 4.41. The van der Waals surface area contributed by atoms with Crippen molar-refractivity contribution in [2.45, 2.75) is 19.9 Å². The Hall–Kier alpha value is -2.29. The number of carbonyl (C=O) groups is 1. The first-order chi connectivity index (χ1) is 9.61. The molecule has 0 fully saturated rings. The molecule has 0 saturated heterocycles. The third-order valence-electron chi connectivity index (χ3n) is 3.33. The van der Waals surface area contributed by atoms with Crippen molar-refractivity contribution in [3.63, 3.8) is 0 Å². The SMILES string of the molecule is CNc1ccccc1C(=O)N[C@@H](C)c1cccc(C)c1. The summed E-state index contributed by atoms with van der Waals surface area (Å²) in [5.41, 5.74) is 3.80. The molecule has 0 bridgehead atoms. The van der Waals surface area contributed by atoms with Crippen LogP contribution in [0.2, 0.25) is 0 Å². The minimum atomic E-state index is -0.0658. The van der Waals surface area contributed by atoms with Gasteiger partial charge in [-0.3, -0.25) is 4.79 Å². The molecule has 0 radical (unpaired) electrons. The molecule has 104 valence electrons. The fourth-order valence-electron chi connectivity index (χ4n) is 2.20. The van der Waals surface area contributed by atoms with E-state index in [0.29, 0.717) is 5.56 Å². The van der Waals surface area contributed by atoms with Crippen LogP contribution in [0.5, 0.6) is 0 Å². The van der Waals surface area contributed by atoms with Crippen LogP contribution in [0.25, 0.3) is 0 Å². The summed E-state index contributed by atoms with van der Waals surface area (Å²) in [5, 5.41) is 6.07. The first kappa shape index (κ1) is 14.1. The highest BCUT2D eigenvalue weighted by atomic mass is 16.1. The van der Waals surface area contributed by atoms with Gasteiger partial charge in [-0.05, 0) is 31.5 Å². The molecule has 0 spiro atoms. The van der Waals surface area contributed by atoms with Crippen LogP contribution < -0.4 is 10.6 Å². The fourth-order valence-corrected chi connectivity index (χ4v) is 2.20. The molecule has 2 aromatic rings. The predicted octanol–water partition coefficient (Wildman–Crippen LogP) is 3.53. The number of aryl methyl sites for hydroxylation is 1. The number of nitrogens with one attached hydrogen (secondary N) is 2. The summed E-state index contributed by atoms with van der Waals surface area (Å²) < 4.78 is 0. The van der Waals surface area contributed by atoms with Gasteiger partial charge in [-0.2, -0.15) is 0 Å². The monoisotopic (exact) mass is 268 g/mol. The predicted molar refractivity (Wildman–Crippen MR) is 83.0 cm³/mol. The van der Waals surface area contributed by atoms with E-state index in [9.17, 15) is 4.79 Å². The van der Waals surface area contributed by atoms with Crippen LogP contribution in [0.1, 0.15) is 34.5 Å². The lowest BCUT2D eigenvalue weighted by atomic mass is 10.0. The van der Waals surface area contributed by atoms with Gasteiger partial charge >= 0.3 is 0 Å². The quantitative estimate of drug-likeness (QED) is 0.890. The van der Waals surface area contributed by atoms with E-state index in [-0.39, 0.29) is 11.9 Å². The Morgan fingerprint density at radius 2 is 1.85 bits per heavy atom. The number of anilines is 1. The zero-order valence-electron chi connectivity index (χ0n) is 12.1. The molecule has 3 nitrogen and oxygen atoms in total. The van der Waals surface area contributed by atoms with E-state index in [4.69, 9.17) is 0 Å². The average Bonchev–Trinajstić information content (AvgIpc) is 2.47. The van der Waals surface area contributed by atoms with Gasteiger partial charge in [0.15, 0.2) is 0 Å². The Balaban J connectivity index is 2.15. The summed E-state index contributed by atoms with van der Waals surface area (Å²) in [7, 11) is 1.82. The van der Waals surface area contributed by atoms with Crippen molar-refractivity contribution in [1.29, 1.82) is 0 Å². The molecule has 1 atom stereocenters. The molecule has 0 aliphatic heterocycles. The van der Waals surface area contributed by atoms with E-state index in [1.165, 1.54) is 5.56 Å². The maximum absolute atomic E-state index is 12.3. The Morgan fingerprint density at radius 3 is 2.55 bits per heavy atom. The molecular weight excluding hydrogens is 248 g/mol. The smallest absolute Gasteiger partial charge is 0.253 e. The number of hydrogen-bond donors (Lipinski definition) is 2. The lowest BCUT2D eigenvalue weighted by Gasteiger charge is -2.16. The van der Waals surface area contributed by atoms with Crippen molar-refractivity contribution in [2.75, 3.05) is 12.4 Å². The highest BCUT2D eigenvalue weighted by Crippen LogP contribution is 2.18. The molecule has 20 heavy (non-hydrogen) atoms. The van der Waals surface area contributed by atoms with Crippen molar-refractivity contribution in [1.82, 2.24) is 5.32 Å². The maximum atomic E-state index is 12.3. The number of amides is 1.